The van der Waals surface area contributed by atoms with E-state index in [2.05, 4.69) is 26.1 Å². The zero-order valence-corrected chi connectivity index (χ0v) is 20.3. The maximum absolute atomic E-state index is 13.4. The lowest BCUT2D eigenvalue weighted by Gasteiger charge is -2.24. The molecule has 0 aromatic heterocycles. The van der Waals surface area contributed by atoms with Gasteiger partial charge in [0, 0.05) is 0 Å². The number of ether oxygens (including phenoxy) is 1. The number of nitrogens with zero attached hydrogens (tertiary/aromatic N) is 1. The molecule has 0 unspecified atom stereocenters. The number of sulfonamides is 1. The maximum Gasteiger partial charge on any atom is 0.264 e. The smallest absolute Gasteiger partial charge is 0.264 e. The Labute approximate surface area is 200 Å². The summed E-state index contributed by atoms with van der Waals surface area (Å²) in [4.78, 5) is 12.6. The van der Waals surface area contributed by atoms with Crippen molar-refractivity contribution in [3.05, 3.63) is 90.2 Å². The molecule has 6 nitrogen and oxygen atoms in total. The predicted molar refractivity (Wildman–Crippen MR) is 131 cm³/mol. The molecule has 0 aliphatic rings. The fourth-order valence-electron chi connectivity index (χ4n) is 3.24. The van der Waals surface area contributed by atoms with Crippen LogP contribution in [0, 0.1) is 5.82 Å². The Morgan fingerprint density at radius 1 is 0.941 bits per heavy atom. The maximum atomic E-state index is 13.4. The summed E-state index contributed by atoms with van der Waals surface area (Å²) in [5.41, 5.74) is 1.42. The SMILES string of the molecule is CC(C)(C)c1ccc(OCCNC(=O)CN(c2ccc(F)cc2)S(=O)(=O)c2ccccc2)cc1. The Morgan fingerprint density at radius 2 is 1.56 bits per heavy atom. The summed E-state index contributed by atoms with van der Waals surface area (Å²) >= 11 is 0. The second-order valence-electron chi connectivity index (χ2n) is 8.77. The highest BCUT2D eigenvalue weighted by atomic mass is 32.2. The van der Waals surface area contributed by atoms with E-state index in [1.165, 1.54) is 29.8 Å². The van der Waals surface area contributed by atoms with Crippen LogP contribution in [-0.2, 0) is 20.2 Å². The first-order chi connectivity index (χ1) is 16.1. The molecule has 8 heteroatoms. The minimum Gasteiger partial charge on any atom is -0.492 e. The van der Waals surface area contributed by atoms with Crippen molar-refractivity contribution in [3.63, 3.8) is 0 Å². The van der Waals surface area contributed by atoms with Gasteiger partial charge < -0.3 is 10.1 Å². The van der Waals surface area contributed by atoms with Crippen LogP contribution in [0.2, 0.25) is 0 Å². The molecule has 0 heterocycles. The average molecular weight is 485 g/mol. The minimum absolute atomic E-state index is 0.0363. The van der Waals surface area contributed by atoms with Crippen LogP contribution in [0.15, 0.2) is 83.8 Å². The Morgan fingerprint density at radius 3 is 2.15 bits per heavy atom. The van der Waals surface area contributed by atoms with Crippen molar-refractivity contribution in [2.75, 3.05) is 24.0 Å². The zero-order chi connectivity index (χ0) is 24.8. The van der Waals surface area contributed by atoms with Crippen molar-refractivity contribution < 1.29 is 22.3 Å². The number of halogens is 1. The third-order valence-electron chi connectivity index (χ3n) is 5.15. The van der Waals surface area contributed by atoms with Gasteiger partial charge in [-0.15, -0.1) is 0 Å². The van der Waals surface area contributed by atoms with E-state index in [0.29, 0.717) is 5.75 Å². The molecular formula is C26H29FN2O4S. The van der Waals surface area contributed by atoms with Gasteiger partial charge in [0.05, 0.1) is 17.1 Å². The van der Waals surface area contributed by atoms with Crippen LogP contribution in [0.3, 0.4) is 0 Å². The third kappa shape index (κ3) is 6.57. The van der Waals surface area contributed by atoms with Gasteiger partial charge in [0.1, 0.15) is 24.7 Å². The van der Waals surface area contributed by atoms with E-state index < -0.39 is 28.3 Å². The summed E-state index contributed by atoms with van der Waals surface area (Å²) < 4.78 is 46.4. The first-order valence-corrected chi connectivity index (χ1v) is 12.3. The molecule has 0 saturated carbocycles. The monoisotopic (exact) mass is 484 g/mol. The van der Waals surface area contributed by atoms with Gasteiger partial charge in [-0.1, -0.05) is 51.1 Å². The second kappa shape index (κ2) is 10.7. The van der Waals surface area contributed by atoms with E-state index in [9.17, 15) is 17.6 Å². The van der Waals surface area contributed by atoms with Gasteiger partial charge in [-0.3, -0.25) is 9.10 Å². The van der Waals surface area contributed by atoms with Gasteiger partial charge in [-0.2, -0.15) is 0 Å². The minimum atomic E-state index is -4.03. The van der Waals surface area contributed by atoms with Gasteiger partial charge >= 0.3 is 0 Å². The molecule has 0 radical (unpaired) electrons. The predicted octanol–water partition coefficient (Wildman–Crippen LogP) is 4.51. The van der Waals surface area contributed by atoms with Crippen LogP contribution in [0.4, 0.5) is 10.1 Å². The van der Waals surface area contributed by atoms with Gasteiger partial charge in [0.25, 0.3) is 10.0 Å². The van der Waals surface area contributed by atoms with Crippen molar-refractivity contribution in [2.24, 2.45) is 0 Å². The first kappa shape index (κ1) is 25.2. The fourth-order valence-corrected chi connectivity index (χ4v) is 4.68. The fraction of sp³-hybridized carbons (Fsp3) is 0.269. The second-order valence-corrected chi connectivity index (χ2v) is 10.6. The van der Waals surface area contributed by atoms with E-state index in [1.807, 2.05) is 24.3 Å². The normalized spacial score (nSPS) is 11.6. The highest BCUT2D eigenvalue weighted by Crippen LogP contribution is 2.25. The number of rotatable bonds is 9. The molecule has 3 aromatic rings. The van der Waals surface area contributed by atoms with Crippen molar-refractivity contribution in [1.29, 1.82) is 0 Å². The summed E-state index contributed by atoms with van der Waals surface area (Å²) in [6, 6.07) is 20.5. The summed E-state index contributed by atoms with van der Waals surface area (Å²) in [5.74, 6) is -0.324. The van der Waals surface area contributed by atoms with E-state index in [0.717, 1.165) is 16.4 Å². The number of nitrogens with one attached hydrogen (secondary N) is 1. The Balaban J connectivity index is 1.63. The van der Waals surface area contributed by atoms with Crippen LogP contribution in [0.5, 0.6) is 5.75 Å². The quantitative estimate of drug-likeness (QED) is 0.454. The molecule has 0 aliphatic heterocycles. The molecule has 1 amide bonds. The standard InChI is InChI=1S/C26H29FN2O4S/c1-26(2,3)20-9-15-23(16-10-20)33-18-17-28-25(30)19-29(22-13-11-21(27)12-14-22)34(31,32)24-7-5-4-6-8-24/h4-16H,17-19H2,1-3H3,(H,28,30). The Hall–Kier alpha value is -3.39. The zero-order valence-electron chi connectivity index (χ0n) is 19.5. The summed E-state index contributed by atoms with van der Waals surface area (Å²) in [6.07, 6.45) is 0. The lowest BCUT2D eigenvalue weighted by Crippen LogP contribution is -2.41. The summed E-state index contributed by atoms with van der Waals surface area (Å²) in [7, 11) is -4.03. The molecule has 0 bridgehead atoms. The van der Waals surface area contributed by atoms with Crippen LogP contribution in [0.1, 0.15) is 26.3 Å². The third-order valence-corrected chi connectivity index (χ3v) is 6.93. The highest BCUT2D eigenvalue weighted by molar-refractivity contribution is 7.92. The Bertz CT molecular complexity index is 1190. The summed E-state index contributed by atoms with van der Waals surface area (Å²) in [6.45, 7) is 6.36. The lowest BCUT2D eigenvalue weighted by atomic mass is 9.87. The van der Waals surface area contributed by atoms with E-state index >= 15 is 0 Å². The summed E-state index contributed by atoms with van der Waals surface area (Å²) in [5, 5.41) is 2.68. The first-order valence-electron chi connectivity index (χ1n) is 10.9. The molecular weight excluding hydrogens is 455 g/mol. The average Bonchev–Trinajstić information content (AvgIpc) is 2.81. The molecule has 3 aromatic carbocycles. The number of hydrogen-bond acceptors (Lipinski definition) is 4. The molecule has 0 fully saturated rings. The molecule has 1 N–H and O–H groups in total. The molecule has 180 valence electrons. The van der Waals surface area contributed by atoms with Gasteiger partial charge in [0.15, 0.2) is 0 Å². The topological polar surface area (TPSA) is 75.7 Å². The van der Waals surface area contributed by atoms with Crippen molar-refractivity contribution in [2.45, 2.75) is 31.1 Å². The van der Waals surface area contributed by atoms with Gasteiger partial charge in [0.2, 0.25) is 5.91 Å². The molecule has 0 atom stereocenters. The van der Waals surface area contributed by atoms with Crippen molar-refractivity contribution in [1.82, 2.24) is 5.32 Å². The van der Waals surface area contributed by atoms with Crippen LogP contribution >= 0.6 is 0 Å². The number of carbonyl (C=O) groups excluding carboxylic acids is 1. The molecule has 0 saturated heterocycles. The van der Waals surface area contributed by atoms with Crippen molar-refractivity contribution in [3.8, 4) is 5.75 Å². The van der Waals surface area contributed by atoms with Crippen LogP contribution in [-0.4, -0.2) is 34.0 Å². The van der Waals surface area contributed by atoms with Crippen molar-refractivity contribution >= 4 is 21.6 Å². The van der Waals surface area contributed by atoms with Crippen LogP contribution < -0.4 is 14.4 Å². The Kier molecular flexibility index (Phi) is 7.94. The molecule has 3 rings (SSSR count). The van der Waals surface area contributed by atoms with E-state index in [-0.39, 0.29) is 29.1 Å². The largest absolute Gasteiger partial charge is 0.492 e. The number of anilines is 1. The molecule has 0 spiro atoms. The lowest BCUT2D eigenvalue weighted by molar-refractivity contribution is -0.119. The van der Waals surface area contributed by atoms with Gasteiger partial charge in [-0.05, 0) is 59.5 Å². The number of carbonyl (C=O) groups is 1. The number of benzene rings is 3. The number of amides is 1. The van der Waals surface area contributed by atoms with E-state index in [4.69, 9.17) is 4.74 Å². The highest BCUT2D eigenvalue weighted by Gasteiger charge is 2.27. The van der Waals surface area contributed by atoms with Gasteiger partial charge in [-0.25, -0.2) is 12.8 Å². The van der Waals surface area contributed by atoms with E-state index in [1.54, 1.807) is 18.2 Å². The molecule has 34 heavy (non-hydrogen) atoms. The molecule has 0 aliphatic carbocycles. The number of hydrogen-bond donors (Lipinski definition) is 1. The van der Waals surface area contributed by atoms with Crippen LogP contribution in [0.25, 0.3) is 0 Å².